The number of rotatable bonds is 4. The Morgan fingerprint density at radius 1 is 1.18 bits per heavy atom. The highest BCUT2D eigenvalue weighted by Gasteiger charge is 2.16. The van der Waals surface area contributed by atoms with E-state index < -0.39 is 0 Å². The van der Waals surface area contributed by atoms with E-state index in [0.29, 0.717) is 0 Å². The van der Waals surface area contributed by atoms with Gasteiger partial charge in [-0.1, -0.05) is 22.0 Å². The first-order chi connectivity index (χ1) is 8.29. The van der Waals surface area contributed by atoms with E-state index in [2.05, 4.69) is 50.0 Å². The van der Waals surface area contributed by atoms with Crippen LogP contribution in [0, 0.1) is 0 Å². The molecule has 1 heterocycles. The van der Waals surface area contributed by atoms with Crippen molar-refractivity contribution in [2.75, 3.05) is 44.2 Å². The Kier molecular flexibility index (Phi) is 4.83. The average Bonchev–Trinajstić information content (AvgIpc) is 2.37. The zero-order valence-corrected chi connectivity index (χ0v) is 11.7. The summed E-state index contributed by atoms with van der Waals surface area (Å²) in [6, 6.07) is 8.54. The fourth-order valence-corrected chi connectivity index (χ4v) is 2.60. The van der Waals surface area contributed by atoms with Crippen LogP contribution < -0.4 is 10.6 Å². The van der Waals surface area contributed by atoms with Gasteiger partial charge in [-0.15, -0.1) is 0 Å². The molecule has 1 aromatic carbocycles. The summed E-state index contributed by atoms with van der Waals surface area (Å²) in [4.78, 5) is 4.95. The largest absolute Gasteiger partial charge is 0.369 e. The highest BCUT2D eigenvalue weighted by molar-refractivity contribution is 9.10. The van der Waals surface area contributed by atoms with E-state index in [4.69, 9.17) is 5.73 Å². The Morgan fingerprint density at radius 2 is 1.94 bits per heavy atom. The topological polar surface area (TPSA) is 32.5 Å². The lowest BCUT2D eigenvalue weighted by molar-refractivity contribution is 0.256. The third-order valence-corrected chi connectivity index (χ3v) is 3.72. The molecule has 0 spiro atoms. The summed E-state index contributed by atoms with van der Waals surface area (Å²) in [5.74, 6) is 0. The number of hydrogen-bond donors (Lipinski definition) is 1. The van der Waals surface area contributed by atoms with Crippen molar-refractivity contribution in [2.45, 2.75) is 6.42 Å². The summed E-state index contributed by atoms with van der Waals surface area (Å²) in [5, 5.41) is 0. The molecule has 4 heteroatoms. The molecular weight excluding hydrogens is 278 g/mol. The molecule has 1 fully saturated rings. The first kappa shape index (κ1) is 12.9. The molecule has 2 rings (SSSR count). The molecule has 1 aliphatic heterocycles. The SMILES string of the molecule is NCCCN1CCN(c2cccc(Br)c2)CC1. The molecule has 1 saturated heterocycles. The highest BCUT2D eigenvalue weighted by Crippen LogP contribution is 2.21. The minimum atomic E-state index is 0.797. The Morgan fingerprint density at radius 3 is 2.59 bits per heavy atom. The number of hydrogen-bond acceptors (Lipinski definition) is 3. The number of anilines is 1. The number of piperazine rings is 1. The molecule has 0 amide bonds. The average molecular weight is 298 g/mol. The number of nitrogens with two attached hydrogens (primary N) is 1. The first-order valence-corrected chi connectivity index (χ1v) is 7.02. The quantitative estimate of drug-likeness (QED) is 0.922. The lowest BCUT2D eigenvalue weighted by Crippen LogP contribution is -2.46. The van der Waals surface area contributed by atoms with Crippen molar-refractivity contribution in [3.63, 3.8) is 0 Å². The van der Waals surface area contributed by atoms with Gasteiger partial charge in [0.1, 0.15) is 0 Å². The van der Waals surface area contributed by atoms with Gasteiger partial charge in [-0.25, -0.2) is 0 Å². The molecule has 3 nitrogen and oxygen atoms in total. The lowest BCUT2D eigenvalue weighted by atomic mass is 10.2. The maximum absolute atomic E-state index is 5.54. The molecule has 94 valence electrons. The van der Waals surface area contributed by atoms with Crippen molar-refractivity contribution >= 4 is 21.6 Å². The molecule has 1 aromatic rings. The van der Waals surface area contributed by atoms with Crippen LogP contribution in [-0.2, 0) is 0 Å². The molecule has 0 saturated carbocycles. The van der Waals surface area contributed by atoms with Crippen LogP contribution in [-0.4, -0.2) is 44.2 Å². The molecule has 1 aliphatic rings. The molecule has 0 radical (unpaired) electrons. The molecule has 0 atom stereocenters. The summed E-state index contributed by atoms with van der Waals surface area (Å²) in [6.07, 6.45) is 1.11. The number of halogens is 1. The molecule has 0 aliphatic carbocycles. The summed E-state index contributed by atoms with van der Waals surface area (Å²) < 4.78 is 1.15. The van der Waals surface area contributed by atoms with Crippen molar-refractivity contribution in [3.8, 4) is 0 Å². The second kappa shape index (κ2) is 6.38. The summed E-state index contributed by atoms with van der Waals surface area (Å²) >= 11 is 3.52. The van der Waals surface area contributed by atoms with Crippen LogP contribution in [0.5, 0.6) is 0 Å². The van der Waals surface area contributed by atoms with Crippen molar-refractivity contribution in [1.29, 1.82) is 0 Å². The van der Waals surface area contributed by atoms with E-state index in [-0.39, 0.29) is 0 Å². The Labute approximate surface area is 112 Å². The lowest BCUT2D eigenvalue weighted by Gasteiger charge is -2.36. The monoisotopic (exact) mass is 297 g/mol. The molecular formula is C13H20BrN3. The van der Waals surface area contributed by atoms with Gasteiger partial charge in [-0.2, -0.15) is 0 Å². The van der Waals surface area contributed by atoms with Gasteiger partial charge < -0.3 is 10.6 Å². The van der Waals surface area contributed by atoms with E-state index in [1.54, 1.807) is 0 Å². The molecule has 2 N–H and O–H groups in total. The van der Waals surface area contributed by atoms with Crippen LogP contribution in [0.3, 0.4) is 0 Å². The molecule has 0 unspecified atom stereocenters. The zero-order chi connectivity index (χ0) is 12.1. The van der Waals surface area contributed by atoms with Gasteiger partial charge in [-0.3, -0.25) is 4.90 Å². The Balaban J connectivity index is 1.86. The maximum atomic E-state index is 5.54. The van der Waals surface area contributed by atoms with Gasteiger partial charge in [0.05, 0.1) is 0 Å². The fourth-order valence-electron chi connectivity index (χ4n) is 2.22. The first-order valence-electron chi connectivity index (χ1n) is 6.22. The Hall–Kier alpha value is -0.580. The van der Waals surface area contributed by atoms with Gasteiger partial charge in [0.25, 0.3) is 0 Å². The van der Waals surface area contributed by atoms with Crippen molar-refractivity contribution < 1.29 is 0 Å². The Bertz CT molecular complexity index is 348. The van der Waals surface area contributed by atoms with Crippen molar-refractivity contribution in [2.24, 2.45) is 5.73 Å². The minimum absolute atomic E-state index is 0.797. The van der Waals surface area contributed by atoms with E-state index in [1.807, 2.05) is 0 Å². The smallest absolute Gasteiger partial charge is 0.0378 e. The van der Waals surface area contributed by atoms with Crippen LogP contribution >= 0.6 is 15.9 Å². The normalized spacial score (nSPS) is 17.4. The van der Waals surface area contributed by atoms with E-state index in [1.165, 1.54) is 5.69 Å². The van der Waals surface area contributed by atoms with Gasteiger partial charge in [0.15, 0.2) is 0 Å². The summed E-state index contributed by atoms with van der Waals surface area (Å²) in [7, 11) is 0. The summed E-state index contributed by atoms with van der Waals surface area (Å²) in [6.45, 7) is 6.45. The van der Waals surface area contributed by atoms with Crippen LogP contribution in [0.25, 0.3) is 0 Å². The van der Waals surface area contributed by atoms with Crippen LogP contribution in [0.1, 0.15) is 6.42 Å². The number of nitrogens with zero attached hydrogens (tertiary/aromatic N) is 2. The third-order valence-electron chi connectivity index (χ3n) is 3.22. The van der Waals surface area contributed by atoms with E-state index in [0.717, 1.165) is 50.2 Å². The molecule has 0 bridgehead atoms. The molecule has 0 aromatic heterocycles. The second-order valence-electron chi connectivity index (χ2n) is 4.45. The minimum Gasteiger partial charge on any atom is -0.369 e. The number of benzene rings is 1. The standard InChI is InChI=1S/C13H20BrN3/c14-12-3-1-4-13(11-12)17-9-7-16(8-10-17)6-2-5-15/h1,3-4,11H,2,5-10,15H2. The highest BCUT2D eigenvalue weighted by atomic mass is 79.9. The van der Waals surface area contributed by atoms with Gasteiger partial charge in [0, 0.05) is 36.3 Å². The van der Waals surface area contributed by atoms with Crippen LogP contribution in [0.15, 0.2) is 28.7 Å². The van der Waals surface area contributed by atoms with E-state index >= 15 is 0 Å². The predicted molar refractivity (Wildman–Crippen MR) is 76.5 cm³/mol. The van der Waals surface area contributed by atoms with Gasteiger partial charge in [-0.05, 0) is 37.7 Å². The van der Waals surface area contributed by atoms with Crippen molar-refractivity contribution in [1.82, 2.24) is 4.90 Å². The van der Waals surface area contributed by atoms with Gasteiger partial charge in [0.2, 0.25) is 0 Å². The third kappa shape index (κ3) is 3.69. The van der Waals surface area contributed by atoms with Crippen LogP contribution in [0.2, 0.25) is 0 Å². The summed E-state index contributed by atoms with van der Waals surface area (Å²) in [5.41, 5.74) is 6.86. The van der Waals surface area contributed by atoms with E-state index in [9.17, 15) is 0 Å². The maximum Gasteiger partial charge on any atom is 0.0378 e. The van der Waals surface area contributed by atoms with Crippen LogP contribution in [0.4, 0.5) is 5.69 Å². The zero-order valence-electron chi connectivity index (χ0n) is 10.1. The second-order valence-corrected chi connectivity index (χ2v) is 5.37. The van der Waals surface area contributed by atoms with Crippen molar-refractivity contribution in [3.05, 3.63) is 28.7 Å². The van der Waals surface area contributed by atoms with Gasteiger partial charge >= 0.3 is 0 Å². The fraction of sp³-hybridized carbons (Fsp3) is 0.538. The predicted octanol–water partition coefficient (Wildman–Crippen LogP) is 1.92. The molecule has 17 heavy (non-hydrogen) atoms.